The fraction of sp³-hybridized carbons (Fsp3) is 0.133. The van der Waals surface area contributed by atoms with E-state index in [4.69, 9.17) is 23.2 Å². The number of benzene rings is 2. The minimum Gasteiger partial charge on any atom is -0.435 e. The van der Waals surface area contributed by atoms with Gasteiger partial charge in [0.25, 0.3) is 0 Å². The molecule has 1 amide bonds. The van der Waals surface area contributed by atoms with Gasteiger partial charge in [-0.3, -0.25) is 4.79 Å². The summed E-state index contributed by atoms with van der Waals surface area (Å²) in [6.07, 6.45) is 0. The molecule has 0 aromatic heterocycles. The van der Waals surface area contributed by atoms with Crippen LogP contribution in [0, 0.1) is 0 Å². The highest BCUT2D eigenvalue weighted by Crippen LogP contribution is 2.25. The SMILES string of the molecule is O=C(CNc1ccc(Cl)c(Cl)c1)Nc1ccc(OC(F)F)cc1. The number of anilines is 2. The minimum absolute atomic E-state index is 0.00719. The van der Waals surface area contributed by atoms with Crippen LogP contribution < -0.4 is 15.4 Å². The van der Waals surface area contributed by atoms with E-state index in [1.54, 1.807) is 18.2 Å². The lowest BCUT2D eigenvalue weighted by atomic mass is 10.3. The second kappa shape index (κ2) is 7.99. The molecule has 0 heterocycles. The Labute approximate surface area is 141 Å². The highest BCUT2D eigenvalue weighted by molar-refractivity contribution is 6.42. The molecule has 122 valence electrons. The van der Waals surface area contributed by atoms with Crippen molar-refractivity contribution in [1.29, 1.82) is 0 Å². The van der Waals surface area contributed by atoms with Crippen LogP contribution in [0.25, 0.3) is 0 Å². The third kappa shape index (κ3) is 5.58. The maximum atomic E-state index is 12.0. The number of halogens is 4. The lowest BCUT2D eigenvalue weighted by Crippen LogP contribution is -2.21. The van der Waals surface area contributed by atoms with E-state index in [0.717, 1.165) is 0 Å². The van der Waals surface area contributed by atoms with E-state index in [2.05, 4.69) is 15.4 Å². The van der Waals surface area contributed by atoms with Crippen molar-refractivity contribution in [3.63, 3.8) is 0 Å². The first kappa shape index (κ1) is 17.3. The standard InChI is InChI=1S/C15H12Cl2F2N2O2/c16-12-6-3-10(7-13(12)17)20-8-14(22)21-9-1-4-11(5-2-9)23-15(18)19/h1-7,15,20H,8H2,(H,21,22). The molecule has 2 aromatic carbocycles. The molecule has 2 aromatic rings. The number of alkyl halides is 2. The maximum Gasteiger partial charge on any atom is 0.387 e. The van der Waals surface area contributed by atoms with Crippen molar-refractivity contribution < 1.29 is 18.3 Å². The van der Waals surface area contributed by atoms with Gasteiger partial charge in [-0.05, 0) is 42.5 Å². The van der Waals surface area contributed by atoms with Gasteiger partial charge in [-0.1, -0.05) is 23.2 Å². The van der Waals surface area contributed by atoms with E-state index < -0.39 is 6.61 Å². The Bertz CT molecular complexity index is 682. The molecule has 0 saturated carbocycles. The van der Waals surface area contributed by atoms with Crippen molar-refractivity contribution in [2.75, 3.05) is 17.2 Å². The van der Waals surface area contributed by atoms with E-state index in [0.29, 0.717) is 21.4 Å². The summed E-state index contributed by atoms with van der Waals surface area (Å²) in [6.45, 7) is -2.88. The summed E-state index contributed by atoms with van der Waals surface area (Å²) in [5, 5.41) is 6.31. The summed E-state index contributed by atoms with van der Waals surface area (Å²) in [7, 11) is 0. The molecule has 0 atom stereocenters. The molecule has 0 aliphatic carbocycles. The number of nitrogens with one attached hydrogen (secondary N) is 2. The van der Waals surface area contributed by atoms with Gasteiger partial charge in [0.15, 0.2) is 0 Å². The third-order valence-corrected chi connectivity index (χ3v) is 3.47. The zero-order chi connectivity index (χ0) is 16.8. The second-order valence-electron chi connectivity index (χ2n) is 4.43. The highest BCUT2D eigenvalue weighted by Gasteiger charge is 2.06. The van der Waals surface area contributed by atoms with Crippen molar-refractivity contribution in [2.24, 2.45) is 0 Å². The summed E-state index contributed by atoms with van der Waals surface area (Å²) in [4.78, 5) is 11.8. The lowest BCUT2D eigenvalue weighted by molar-refractivity contribution is -0.114. The minimum atomic E-state index is -2.88. The largest absolute Gasteiger partial charge is 0.435 e. The van der Waals surface area contributed by atoms with Crippen LogP contribution >= 0.6 is 23.2 Å². The number of hydrogen-bond donors (Lipinski definition) is 2. The topological polar surface area (TPSA) is 50.4 Å². The number of ether oxygens (including phenoxy) is 1. The lowest BCUT2D eigenvalue weighted by Gasteiger charge is -2.09. The van der Waals surface area contributed by atoms with Crippen LogP contribution in [-0.4, -0.2) is 19.1 Å². The van der Waals surface area contributed by atoms with Crippen LogP contribution in [0.4, 0.5) is 20.2 Å². The normalized spacial score (nSPS) is 10.5. The molecular weight excluding hydrogens is 349 g/mol. The van der Waals surface area contributed by atoms with Gasteiger partial charge in [-0.2, -0.15) is 8.78 Å². The van der Waals surface area contributed by atoms with Crippen LogP contribution in [0.15, 0.2) is 42.5 Å². The first-order chi connectivity index (χ1) is 10.9. The predicted molar refractivity (Wildman–Crippen MR) is 86.7 cm³/mol. The Morgan fingerprint density at radius 3 is 2.30 bits per heavy atom. The molecular formula is C15H12Cl2F2N2O2. The maximum absolute atomic E-state index is 12.0. The van der Waals surface area contributed by atoms with Gasteiger partial charge in [0.05, 0.1) is 16.6 Å². The van der Waals surface area contributed by atoms with Gasteiger partial charge in [0, 0.05) is 11.4 Å². The molecule has 0 fully saturated rings. The Morgan fingerprint density at radius 1 is 1.04 bits per heavy atom. The Kier molecular flexibility index (Phi) is 6.01. The molecule has 2 rings (SSSR count). The molecule has 8 heteroatoms. The van der Waals surface area contributed by atoms with E-state index in [1.807, 2.05) is 0 Å². The molecule has 0 spiro atoms. The average molecular weight is 361 g/mol. The fourth-order valence-electron chi connectivity index (χ4n) is 1.71. The fourth-order valence-corrected chi connectivity index (χ4v) is 2.01. The smallest absolute Gasteiger partial charge is 0.387 e. The monoisotopic (exact) mass is 360 g/mol. The van der Waals surface area contributed by atoms with Gasteiger partial charge in [0.1, 0.15) is 5.75 Å². The molecule has 23 heavy (non-hydrogen) atoms. The van der Waals surface area contributed by atoms with Crippen molar-refractivity contribution >= 4 is 40.5 Å². The van der Waals surface area contributed by atoms with Gasteiger partial charge in [-0.15, -0.1) is 0 Å². The van der Waals surface area contributed by atoms with Crippen LogP contribution in [0.3, 0.4) is 0 Å². The second-order valence-corrected chi connectivity index (χ2v) is 5.25. The Hall–Kier alpha value is -2.05. The number of hydrogen-bond acceptors (Lipinski definition) is 3. The zero-order valence-electron chi connectivity index (χ0n) is 11.7. The molecule has 0 unspecified atom stereocenters. The predicted octanol–water partition coefficient (Wildman–Crippen LogP) is 4.65. The first-order valence-corrected chi connectivity index (χ1v) is 7.23. The van der Waals surface area contributed by atoms with Gasteiger partial charge in [-0.25, -0.2) is 0 Å². The van der Waals surface area contributed by atoms with Crippen LogP contribution in [0.1, 0.15) is 0 Å². The third-order valence-electron chi connectivity index (χ3n) is 2.74. The Morgan fingerprint density at radius 2 is 1.70 bits per heavy atom. The molecule has 0 aliphatic heterocycles. The quantitative estimate of drug-likeness (QED) is 0.788. The summed E-state index contributed by atoms with van der Waals surface area (Å²) in [5.41, 5.74) is 1.11. The number of carbonyl (C=O) groups excluding carboxylic acids is 1. The van der Waals surface area contributed by atoms with E-state index in [-0.39, 0.29) is 18.2 Å². The van der Waals surface area contributed by atoms with Crippen LogP contribution in [-0.2, 0) is 4.79 Å². The van der Waals surface area contributed by atoms with Crippen molar-refractivity contribution in [1.82, 2.24) is 0 Å². The molecule has 2 N–H and O–H groups in total. The molecule has 0 aliphatic rings. The van der Waals surface area contributed by atoms with Crippen LogP contribution in [0.5, 0.6) is 5.75 Å². The highest BCUT2D eigenvalue weighted by atomic mass is 35.5. The zero-order valence-corrected chi connectivity index (χ0v) is 13.2. The average Bonchev–Trinajstić information content (AvgIpc) is 2.50. The van der Waals surface area contributed by atoms with Gasteiger partial charge < -0.3 is 15.4 Å². The van der Waals surface area contributed by atoms with E-state index in [9.17, 15) is 13.6 Å². The molecule has 0 bridgehead atoms. The number of carbonyl (C=O) groups is 1. The summed E-state index contributed by atoms with van der Waals surface area (Å²) in [6, 6.07) is 10.5. The van der Waals surface area contributed by atoms with Gasteiger partial charge >= 0.3 is 6.61 Å². The first-order valence-electron chi connectivity index (χ1n) is 6.47. The summed E-state index contributed by atoms with van der Waals surface area (Å²) >= 11 is 11.7. The molecule has 0 saturated heterocycles. The van der Waals surface area contributed by atoms with Crippen molar-refractivity contribution in [3.05, 3.63) is 52.5 Å². The van der Waals surface area contributed by atoms with Crippen molar-refractivity contribution in [3.8, 4) is 5.75 Å². The summed E-state index contributed by atoms with van der Waals surface area (Å²) in [5.74, 6) is -0.287. The Balaban J connectivity index is 1.85. The van der Waals surface area contributed by atoms with Crippen LogP contribution in [0.2, 0.25) is 10.0 Å². The van der Waals surface area contributed by atoms with Crippen molar-refractivity contribution in [2.45, 2.75) is 6.61 Å². The molecule has 4 nitrogen and oxygen atoms in total. The number of rotatable bonds is 6. The summed E-state index contributed by atoms with van der Waals surface area (Å²) < 4.78 is 28.3. The van der Waals surface area contributed by atoms with Gasteiger partial charge in [0.2, 0.25) is 5.91 Å². The van der Waals surface area contributed by atoms with E-state index in [1.165, 1.54) is 24.3 Å². The molecule has 0 radical (unpaired) electrons. The van der Waals surface area contributed by atoms with E-state index >= 15 is 0 Å². The number of amides is 1.